The van der Waals surface area contributed by atoms with E-state index in [4.69, 9.17) is 9.72 Å². The molecule has 0 spiro atoms. The van der Waals surface area contributed by atoms with Gasteiger partial charge < -0.3 is 15.0 Å². The molecule has 3 heterocycles. The van der Waals surface area contributed by atoms with Crippen LogP contribution in [0.1, 0.15) is 11.1 Å². The molecule has 1 aliphatic rings. The summed E-state index contributed by atoms with van der Waals surface area (Å²) in [5.74, 6) is 0.567. The van der Waals surface area contributed by atoms with E-state index >= 15 is 0 Å². The number of aromatic nitrogens is 3. The minimum absolute atomic E-state index is 0.567. The molecule has 0 atom stereocenters. The highest BCUT2D eigenvalue weighted by Crippen LogP contribution is 2.30. The summed E-state index contributed by atoms with van der Waals surface area (Å²) in [7, 11) is 2.06. The number of hydrogen-bond acceptors (Lipinski definition) is 5. The third kappa shape index (κ3) is 4.93. The van der Waals surface area contributed by atoms with Crippen LogP contribution in [0.25, 0.3) is 28.6 Å². The van der Waals surface area contributed by atoms with Gasteiger partial charge in [-0.05, 0) is 66.6 Å². The van der Waals surface area contributed by atoms with Crippen LogP contribution >= 0.6 is 0 Å². The zero-order chi connectivity index (χ0) is 24.2. The van der Waals surface area contributed by atoms with E-state index < -0.39 is 0 Å². The van der Waals surface area contributed by atoms with Crippen LogP contribution in [0.4, 0.5) is 17.3 Å². The molecule has 1 N–H and O–H groups in total. The lowest BCUT2D eigenvalue weighted by Crippen LogP contribution is -2.36. The Labute approximate surface area is 206 Å². The molecule has 1 fully saturated rings. The normalized spacial score (nSPS) is 13.5. The van der Waals surface area contributed by atoms with Gasteiger partial charge in [-0.3, -0.25) is 0 Å². The van der Waals surface area contributed by atoms with Gasteiger partial charge in [-0.2, -0.15) is 0 Å². The SMILES string of the molecule is C=Cc1ccc(-c2c(-c3ccnc(Nc4ccc(N5CCOCC5)cc4)n3)ccc[n+]2C)cc1C. The maximum absolute atomic E-state index is 5.46. The minimum atomic E-state index is 0.567. The van der Waals surface area contributed by atoms with Gasteiger partial charge in [-0.25, -0.2) is 14.5 Å². The summed E-state index contributed by atoms with van der Waals surface area (Å²) in [4.78, 5) is 11.7. The van der Waals surface area contributed by atoms with Gasteiger partial charge in [0.2, 0.25) is 11.6 Å². The maximum atomic E-state index is 5.46. The zero-order valence-corrected chi connectivity index (χ0v) is 20.2. The van der Waals surface area contributed by atoms with Gasteiger partial charge in [0.1, 0.15) is 7.05 Å². The van der Waals surface area contributed by atoms with Crippen molar-refractivity contribution in [3.63, 3.8) is 0 Å². The fraction of sp³-hybridized carbons (Fsp3) is 0.207. The number of benzene rings is 2. The monoisotopic (exact) mass is 464 g/mol. The molecule has 35 heavy (non-hydrogen) atoms. The van der Waals surface area contributed by atoms with E-state index in [1.807, 2.05) is 18.2 Å². The highest BCUT2D eigenvalue weighted by molar-refractivity contribution is 5.78. The predicted molar refractivity (Wildman–Crippen MR) is 142 cm³/mol. The quantitative estimate of drug-likeness (QED) is 0.399. The number of morpholine rings is 1. The topological polar surface area (TPSA) is 54.2 Å². The summed E-state index contributed by atoms with van der Waals surface area (Å²) < 4.78 is 7.59. The smallest absolute Gasteiger partial charge is 0.227 e. The molecule has 0 radical (unpaired) electrons. The van der Waals surface area contributed by atoms with E-state index in [9.17, 15) is 0 Å². The summed E-state index contributed by atoms with van der Waals surface area (Å²) in [6.45, 7) is 9.42. The van der Waals surface area contributed by atoms with E-state index in [1.54, 1.807) is 6.20 Å². The average Bonchev–Trinajstić information content (AvgIpc) is 2.89. The van der Waals surface area contributed by atoms with Gasteiger partial charge in [0.25, 0.3) is 0 Å². The van der Waals surface area contributed by atoms with Crippen LogP contribution in [-0.4, -0.2) is 36.3 Å². The third-order valence-corrected chi connectivity index (χ3v) is 6.37. The second kappa shape index (κ2) is 10.1. The fourth-order valence-electron chi connectivity index (χ4n) is 4.50. The molecule has 2 aromatic carbocycles. The van der Waals surface area contributed by atoms with Crippen LogP contribution in [-0.2, 0) is 11.8 Å². The Morgan fingerprint density at radius 2 is 1.86 bits per heavy atom. The van der Waals surface area contributed by atoms with Crippen molar-refractivity contribution in [1.82, 2.24) is 9.97 Å². The first kappa shape index (κ1) is 22.7. The lowest BCUT2D eigenvalue weighted by Gasteiger charge is -2.28. The highest BCUT2D eigenvalue weighted by atomic mass is 16.5. The number of hydrogen-bond donors (Lipinski definition) is 1. The molecule has 4 aromatic rings. The van der Waals surface area contributed by atoms with Crippen LogP contribution in [0.15, 0.2) is 79.6 Å². The lowest BCUT2D eigenvalue weighted by atomic mass is 9.98. The van der Waals surface area contributed by atoms with Crippen molar-refractivity contribution in [2.75, 3.05) is 36.5 Å². The zero-order valence-electron chi connectivity index (χ0n) is 20.2. The number of anilines is 3. The molecule has 0 saturated carbocycles. The van der Waals surface area contributed by atoms with Crippen LogP contribution in [0.2, 0.25) is 0 Å². The Balaban J connectivity index is 1.43. The van der Waals surface area contributed by atoms with Crippen molar-refractivity contribution in [1.29, 1.82) is 0 Å². The maximum Gasteiger partial charge on any atom is 0.227 e. The molecule has 2 aromatic heterocycles. The summed E-state index contributed by atoms with van der Waals surface area (Å²) in [6.07, 6.45) is 5.75. The molecule has 0 bridgehead atoms. The molecule has 0 aliphatic carbocycles. The second-order valence-electron chi connectivity index (χ2n) is 8.69. The first-order valence-electron chi connectivity index (χ1n) is 11.9. The van der Waals surface area contributed by atoms with Gasteiger partial charge in [0.15, 0.2) is 6.20 Å². The Kier molecular flexibility index (Phi) is 6.55. The standard InChI is InChI=1S/C29H30N5O/c1-4-22-7-8-23(20-21(22)2)28-26(6-5-15-33(28)3)27-13-14-30-29(32-27)31-24-9-11-25(12-10-24)34-16-18-35-19-17-34/h4-15,20H,1,16-19H2,2-3H3,(H,30,31,32)/q+1. The first-order chi connectivity index (χ1) is 17.1. The number of aryl methyl sites for hydroxylation is 2. The number of ether oxygens (including phenoxy) is 1. The van der Waals surface area contributed by atoms with Crippen molar-refractivity contribution in [3.05, 3.63) is 90.8 Å². The number of nitrogens with one attached hydrogen (secondary N) is 1. The van der Waals surface area contributed by atoms with E-state index in [1.165, 1.54) is 11.3 Å². The van der Waals surface area contributed by atoms with Crippen molar-refractivity contribution in [2.24, 2.45) is 7.05 Å². The Morgan fingerprint density at radius 3 is 2.60 bits per heavy atom. The van der Waals surface area contributed by atoms with Crippen molar-refractivity contribution < 1.29 is 9.30 Å². The molecule has 0 unspecified atom stereocenters. The molecule has 5 rings (SSSR count). The summed E-state index contributed by atoms with van der Waals surface area (Å²) in [5, 5.41) is 3.36. The second-order valence-corrected chi connectivity index (χ2v) is 8.69. The van der Waals surface area contributed by atoms with Crippen LogP contribution in [0.3, 0.4) is 0 Å². The highest BCUT2D eigenvalue weighted by Gasteiger charge is 2.19. The first-order valence-corrected chi connectivity index (χ1v) is 11.9. The van der Waals surface area contributed by atoms with Crippen molar-refractivity contribution in [2.45, 2.75) is 6.92 Å². The van der Waals surface area contributed by atoms with Gasteiger partial charge >= 0.3 is 0 Å². The lowest BCUT2D eigenvalue weighted by molar-refractivity contribution is -0.660. The molecular formula is C29H30N5O+. The molecule has 1 aliphatic heterocycles. The average molecular weight is 465 g/mol. The van der Waals surface area contributed by atoms with E-state index in [-0.39, 0.29) is 0 Å². The molecule has 6 heteroatoms. The number of rotatable bonds is 6. The summed E-state index contributed by atoms with van der Waals surface area (Å²) in [6, 6.07) is 20.9. The fourth-order valence-corrected chi connectivity index (χ4v) is 4.50. The molecular weight excluding hydrogens is 434 g/mol. The third-order valence-electron chi connectivity index (χ3n) is 6.37. The molecule has 1 saturated heterocycles. The van der Waals surface area contributed by atoms with E-state index in [0.717, 1.165) is 60.1 Å². The van der Waals surface area contributed by atoms with E-state index in [0.29, 0.717) is 5.95 Å². The van der Waals surface area contributed by atoms with Gasteiger partial charge in [-0.1, -0.05) is 18.7 Å². The minimum Gasteiger partial charge on any atom is -0.378 e. The van der Waals surface area contributed by atoms with Crippen LogP contribution < -0.4 is 14.8 Å². The van der Waals surface area contributed by atoms with Crippen LogP contribution in [0, 0.1) is 6.92 Å². The largest absolute Gasteiger partial charge is 0.378 e. The Bertz CT molecular complexity index is 1340. The van der Waals surface area contributed by atoms with E-state index in [2.05, 4.69) is 95.0 Å². The van der Waals surface area contributed by atoms with Crippen LogP contribution in [0.5, 0.6) is 0 Å². The number of pyridine rings is 1. The summed E-state index contributed by atoms with van der Waals surface area (Å²) in [5.41, 5.74) is 8.64. The predicted octanol–water partition coefficient (Wildman–Crippen LogP) is 5.17. The van der Waals surface area contributed by atoms with Crippen molar-refractivity contribution in [3.8, 4) is 22.5 Å². The summed E-state index contributed by atoms with van der Waals surface area (Å²) >= 11 is 0. The van der Waals surface area contributed by atoms with Gasteiger partial charge in [-0.15, -0.1) is 0 Å². The molecule has 6 nitrogen and oxygen atoms in total. The van der Waals surface area contributed by atoms with Gasteiger partial charge in [0.05, 0.1) is 24.5 Å². The Morgan fingerprint density at radius 1 is 1.06 bits per heavy atom. The molecule has 176 valence electrons. The Hall–Kier alpha value is -4.03. The molecule has 0 amide bonds. The van der Waals surface area contributed by atoms with Gasteiger partial charge in [0, 0.05) is 42.3 Å². The number of nitrogens with zero attached hydrogens (tertiary/aromatic N) is 4. The van der Waals surface area contributed by atoms with Crippen molar-refractivity contribution >= 4 is 23.4 Å².